The zero-order valence-electron chi connectivity index (χ0n) is 17.0. The maximum absolute atomic E-state index is 12.6. The zero-order chi connectivity index (χ0) is 21.2. The summed E-state index contributed by atoms with van der Waals surface area (Å²) in [7, 11) is 2.76. The minimum atomic E-state index is -1.47. The van der Waals surface area contributed by atoms with Crippen molar-refractivity contribution in [2.75, 3.05) is 27.4 Å². The van der Waals surface area contributed by atoms with E-state index in [1.807, 2.05) is 0 Å². The highest BCUT2D eigenvalue weighted by atomic mass is 16.8. The number of carbonyl (C=O) groups is 2. The van der Waals surface area contributed by atoms with E-state index in [0.29, 0.717) is 25.7 Å². The fourth-order valence-corrected chi connectivity index (χ4v) is 2.54. The quantitative estimate of drug-likeness (QED) is 0.226. The molecular formula is C20H30O8. The van der Waals surface area contributed by atoms with Crippen molar-refractivity contribution in [3.8, 4) is 12.3 Å². The van der Waals surface area contributed by atoms with Gasteiger partial charge in [0, 0.05) is 20.6 Å². The van der Waals surface area contributed by atoms with Gasteiger partial charge in [-0.25, -0.2) is 9.59 Å². The SMILES string of the molecule is C#CCCCOC(=O)C1OC(C)(OC)C(C)(OC)OC1C(=O)OCCCC=C. The predicted molar refractivity (Wildman–Crippen MR) is 100.0 cm³/mol. The average Bonchev–Trinajstić information content (AvgIpc) is 2.69. The summed E-state index contributed by atoms with van der Waals surface area (Å²) >= 11 is 0. The van der Waals surface area contributed by atoms with Crippen molar-refractivity contribution in [2.45, 2.75) is 63.3 Å². The van der Waals surface area contributed by atoms with E-state index in [-0.39, 0.29) is 13.2 Å². The molecule has 4 atom stereocenters. The third-order valence-electron chi connectivity index (χ3n) is 4.55. The molecule has 1 rings (SSSR count). The lowest BCUT2D eigenvalue weighted by Crippen LogP contribution is -2.68. The van der Waals surface area contributed by atoms with Gasteiger partial charge in [0.2, 0.25) is 11.6 Å². The smallest absolute Gasteiger partial charge is 0.338 e. The van der Waals surface area contributed by atoms with Crippen molar-refractivity contribution in [3.05, 3.63) is 12.7 Å². The first-order chi connectivity index (χ1) is 13.3. The highest BCUT2D eigenvalue weighted by Crippen LogP contribution is 2.39. The van der Waals surface area contributed by atoms with Crippen LogP contribution in [0.3, 0.4) is 0 Å². The molecule has 0 spiro atoms. The van der Waals surface area contributed by atoms with Crippen molar-refractivity contribution in [3.63, 3.8) is 0 Å². The first-order valence-electron chi connectivity index (χ1n) is 9.12. The molecule has 8 nitrogen and oxygen atoms in total. The molecule has 1 aliphatic heterocycles. The maximum atomic E-state index is 12.6. The molecule has 0 aromatic heterocycles. The van der Waals surface area contributed by atoms with Gasteiger partial charge in [-0.05, 0) is 33.1 Å². The number of rotatable bonds is 11. The highest BCUT2D eigenvalue weighted by molar-refractivity contribution is 5.86. The topological polar surface area (TPSA) is 89.5 Å². The van der Waals surface area contributed by atoms with Crippen molar-refractivity contribution < 1.29 is 38.0 Å². The fourth-order valence-electron chi connectivity index (χ4n) is 2.54. The third kappa shape index (κ3) is 5.79. The Morgan fingerprint density at radius 2 is 1.50 bits per heavy atom. The van der Waals surface area contributed by atoms with Crippen LogP contribution in [-0.2, 0) is 38.0 Å². The van der Waals surface area contributed by atoms with Crippen LogP contribution >= 0.6 is 0 Å². The summed E-state index contributed by atoms with van der Waals surface area (Å²) in [6, 6.07) is 0. The Morgan fingerprint density at radius 1 is 1.04 bits per heavy atom. The number of esters is 2. The Bertz CT molecular complexity index is 583. The van der Waals surface area contributed by atoms with Crippen molar-refractivity contribution in [1.82, 2.24) is 0 Å². The Morgan fingerprint density at radius 3 is 1.89 bits per heavy atom. The summed E-state index contributed by atoms with van der Waals surface area (Å²) < 4.78 is 32.8. The van der Waals surface area contributed by atoms with Crippen LogP contribution in [0.4, 0.5) is 0 Å². The second kappa shape index (κ2) is 11.2. The van der Waals surface area contributed by atoms with Crippen molar-refractivity contribution in [2.24, 2.45) is 0 Å². The summed E-state index contributed by atoms with van der Waals surface area (Å²) in [5.41, 5.74) is 0. The normalized spacial score (nSPS) is 29.5. The molecule has 0 N–H and O–H groups in total. The van der Waals surface area contributed by atoms with E-state index in [2.05, 4.69) is 12.5 Å². The van der Waals surface area contributed by atoms with Gasteiger partial charge in [-0.1, -0.05) is 6.08 Å². The van der Waals surface area contributed by atoms with E-state index in [1.54, 1.807) is 19.9 Å². The molecule has 158 valence electrons. The van der Waals surface area contributed by atoms with Gasteiger partial charge in [-0.15, -0.1) is 18.9 Å². The van der Waals surface area contributed by atoms with Gasteiger partial charge in [-0.3, -0.25) is 0 Å². The van der Waals surface area contributed by atoms with E-state index in [4.69, 9.17) is 34.8 Å². The van der Waals surface area contributed by atoms with Crippen LogP contribution in [0.25, 0.3) is 0 Å². The van der Waals surface area contributed by atoms with E-state index in [0.717, 1.165) is 0 Å². The minimum Gasteiger partial charge on any atom is -0.464 e. The fraction of sp³-hybridized carbons (Fsp3) is 0.700. The molecule has 28 heavy (non-hydrogen) atoms. The molecule has 0 radical (unpaired) electrons. The molecule has 0 saturated carbocycles. The van der Waals surface area contributed by atoms with Gasteiger partial charge < -0.3 is 28.4 Å². The molecule has 1 fully saturated rings. The number of unbranched alkanes of at least 4 members (excludes halogenated alkanes) is 2. The summed E-state index contributed by atoms with van der Waals surface area (Å²) in [4.78, 5) is 25.1. The number of ether oxygens (including phenoxy) is 6. The van der Waals surface area contributed by atoms with Crippen molar-refractivity contribution >= 4 is 11.9 Å². The number of terminal acetylenes is 1. The van der Waals surface area contributed by atoms with Gasteiger partial charge in [-0.2, -0.15) is 0 Å². The Kier molecular flexibility index (Phi) is 9.62. The molecule has 0 aliphatic carbocycles. The largest absolute Gasteiger partial charge is 0.464 e. The van der Waals surface area contributed by atoms with Crippen LogP contribution in [0.15, 0.2) is 12.7 Å². The predicted octanol–water partition coefficient (Wildman–Crippen LogP) is 1.96. The Balaban J connectivity index is 2.97. The van der Waals surface area contributed by atoms with Crippen LogP contribution in [0.1, 0.15) is 39.5 Å². The van der Waals surface area contributed by atoms with Gasteiger partial charge in [0.15, 0.2) is 12.2 Å². The summed E-state index contributed by atoms with van der Waals surface area (Å²) in [6.45, 7) is 6.94. The van der Waals surface area contributed by atoms with Crippen molar-refractivity contribution in [1.29, 1.82) is 0 Å². The first-order valence-corrected chi connectivity index (χ1v) is 9.12. The lowest BCUT2D eigenvalue weighted by Gasteiger charge is -2.50. The van der Waals surface area contributed by atoms with Gasteiger partial charge >= 0.3 is 11.9 Å². The summed E-state index contributed by atoms with van der Waals surface area (Å²) in [5.74, 6) is -2.00. The minimum absolute atomic E-state index is 0.0925. The lowest BCUT2D eigenvalue weighted by molar-refractivity contribution is -0.439. The molecule has 1 saturated heterocycles. The number of hydrogen-bond donors (Lipinski definition) is 0. The molecule has 1 aliphatic rings. The van der Waals surface area contributed by atoms with Crippen LogP contribution in [-0.4, -0.2) is 63.2 Å². The summed E-state index contributed by atoms with van der Waals surface area (Å²) in [5, 5.41) is 0. The molecule has 0 aromatic carbocycles. The third-order valence-corrected chi connectivity index (χ3v) is 4.55. The zero-order valence-corrected chi connectivity index (χ0v) is 17.0. The Labute approximate surface area is 166 Å². The maximum Gasteiger partial charge on any atom is 0.338 e. The van der Waals surface area contributed by atoms with Gasteiger partial charge in [0.1, 0.15) is 0 Å². The van der Waals surface area contributed by atoms with E-state index in [1.165, 1.54) is 14.2 Å². The molecule has 0 amide bonds. The molecular weight excluding hydrogens is 368 g/mol. The lowest BCUT2D eigenvalue weighted by atomic mass is 10.0. The second-order valence-corrected chi connectivity index (χ2v) is 6.45. The van der Waals surface area contributed by atoms with Crippen LogP contribution in [0.5, 0.6) is 0 Å². The number of carbonyl (C=O) groups excluding carboxylic acids is 2. The van der Waals surface area contributed by atoms with Crippen LogP contribution < -0.4 is 0 Å². The summed E-state index contributed by atoms with van der Waals surface area (Å²) in [6.07, 6.45) is 6.38. The van der Waals surface area contributed by atoms with E-state index < -0.39 is 35.7 Å². The Hall–Kier alpha value is -1.92. The molecule has 0 aromatic rings. The van der Waals surface area contributed by atoms with Crippen LogP contribution in [0.2, 0.25) is 0 Å². The number of methoxy groups -OCH3 is 2. The number of hydrogen-bond acceptors (Lipinski definition) is 8. The van der Waals surface area contributed by atoms with E-state index in [9.17, 15) is 9.59 Å². The number of allylic oxidation sites excluding steroid dienone is 1. The van der Waals surface area contributed by atoms with Crippen LogP contribution in [0, 0.1) is 12.3 Å². The average molecular weight is 398 g/mol. The standard InChI is InChI=1S/C20H30O8/c1-7-9-11-13-25-17(21)15-16(18(22)26-14-12-10-8-2)28-20(4,24-6)19(3,23-5)27-15/h1,8,15-16H,2,9-14H2,3-6H3. The van der Waals surface area contributed by atoms with E-state index >= 15 is 0 Å². The van der Waals surface area contributed by atoms with Gasteiger partial charge in [0.25, 0.3) is 0 Å². The van der Waals surface area contributed by atoms with Gasteiger partial charge in [0.05, 0.1) is 13.2 Å². The molecule has 1 heterocycles. The highest BCUT2D eigenvalue weighted by Gasteiger charge is 2.60. The second-order valence-electron chi connectivity index (χ2n) is 6.45. The molecule has 8 heteroatoms. The molecule has 0 bridgehead atoms. The molecule has 4 unspecified atom stereocenters. The monoisotopic (exact) mass is 398 g/mol. The first kappa shape index (κ1) is 24.1.